The van der Waals surface area contributed by atoms with Gasteiger partial charge >= 0.3 is 0 Å². The Labute approximate surface area is 179 Å². The van der Waals surface area contributed by atoms with E-state index in [4.69, 9.17) is 27.9 Å². The fraction of sp³-hybridized carbons (Fsp3) is 0.273. The van der Waals surface area contributed by atoms with Crippen LogP contribution in [-0.2, 0) is 17.8 Å². The summed E-state index contributed by atoms with van der Waals surface area (Å²) in [6, 6.07) is 15.0. The number of carbonyl (C=O) groups is 1. The molecule has 3 aromatic rings. The quantitative estimate of drug-likeness (QED) is 0.552. The van der Waals surface area contributed by atoms with Crippen molar-refractivity contribution in [3.05, 3.63) is 69.8 Å². The first-order chi connectivity index (χ1) is 14.1. The first-order valence-corrected chi connectivity index (χ1v) is 10.3. The maximum Gasteiger partial charge on any atom is 0.223 e. The molecule has 2 aromatic carbocycles. The number of nitrogens with zero attached hydrogens (tertiary/aromatic N) is 2. The molecule has 0 atom stereocenters. The third-order valence-electron chi connectivity index (χ3n) is 5.01. The van der Waals surface area contributed by atoms with Crippen molar-refractivity contribution in [2.75, 3.05) is 13.2 Å². The highest BCUT2D eigenvalue weighted by Crippen LogP contribution is 2.30. The van der Waals surface area contributed by atoms with E-state index in [0.29, 0.717) is 48.3 Å². The average molecular weight is 430 g/mol. The molecule has 1 N–H and O–H groups in total. The first kappa shape index (κ1) is 19.8. The number of para-hydroxylation sites is 1. The van der Waals surface area contributed by atoms with Gasteiger partial charge in [0.2, 0.25) is 5.91 Å². The van der Waals surface area contributed by atoms with Crippen LogP contribution in [0.4, 0.5) is 0 Å². The summed E-state index contributed by atoms with van der Waals surface area (Å²) in [5.74, 6) is 0.769. The van der Waals surface area contributed by atoms with E-state index in [9.17, 15) is 4.79 Å². The van der Waals surface area contributed by atoms with Gasteiger partial charge in [-0.1, -0.05) is 47.5 Å². The Morgan fingerprint density at radius 3 is 2.86 bits per heavy atom. The lowest BCUT2D eigenvalue weighted by Gasteiger charge is -2.27. The van der Waals surface area contributed by atoms with Crippen molar-refractivity contribution in [3.63, 3.8) is 0 Å². The largest absolute Gasteiger partial charge is 0.492 e. The van der Waals surface area contributed by atoms with E-state index in [1.54, 1.807) is 6.07 Å². The maximum atomic E-state index is 12.7. The lowest BCUT2D eigenvalue weighted by molar-refractivity contribution is -0.132. The van der Waals surface area contributed by atoms with Crippen LogP contribution in [0.25, 0.3) is 11.3 Å². The number of amides is 1. The molecule has 0 saturated carbocycles. The smallest absolute Gasteiger partial charge is 0.223 e. The van der Waals surface area contributed by atoms with Crippen molar-refractivity contribution < 1.29 is 9.53 Å². The minimum Gasteiger partial charge on any atom is -0.492 e. The number of benzene rings is 2. The normalized spacial score (nSPS) is 13.2. The number of hydrogen-bond acceptors (Lipinski definition) is 3. The second-order valence-electron chi connectivity index (χ2n) is 6.99. The van der Waals surface area contributed by atoms with Crippen LogP contribution in [0.2, 0.25) is 10.0 Å². The van der Waals surface area contributed by atoms with E-state index in [-0.39, 0.29) is 5.91 Å². The molecule has 0 aliphatic carbocycles. The number of ether oxygens (including phenoxy) is 1. The Kier molecular flexibility index (Phi) is 6.07. The van der Waals surface area contributed by atoms with Gasteiger partial charge in [0.1, 0.15) is 5.75 Å². The molecule has 0 fully saturated rings. The summed E-state index contributed by atoms with van der Waals surface area (Å²) in [6.07, 6.45) is 1.84. The van der Waals surface area contributed by atoms with Crippen LogP contribution in [0.15, 0.2) is 48.5 Å². The number of hydrogen-bond donors (Lipinski definition) is 1. The van der Waals surface area contributed by atoms with Gasteiger partial charge in [0.15, 0.2) is 0 Å². The van der Waals surface area contributed by atoms with Gasteiger partial charge in [-0.25, -0.2) is 0 Å². The maximum absolute atomic E-state index is 12.7. The predicted molar refractivity (Wildman–Crippen MR) is 114 cm³/mol. The molecule has 0 bridgehead atoms. The van der Waals surface area contributed by atoms with E-state index >= 15 is 0 Å². The van der Waals surface area contributed by atoms with Gasteiger partial charge in [-0.15, -0.1) is 0 Å². The monoisotopic (exact) mass is 429 g/mol. The second-order valence-corrected chi connectivity index (χ2v) is 7.83. The first-order valence-electron chi connectivity index (χ1n) is 9.59. The standard InChI is InChI=1S/C22H21Cl2N3O2/c23-16-6-3-5-15(13-16)22-17-14-27(11-10-19(17)25-26-22)21(28)9-4-12-29-20-8-2-1-7-18(20)24/h1-3,5-8,13H,4,9-12,14H2,(H,25,26). The van der Waals surface area contributed by atoms with Gasteiger partial charge in [-0.3, -0.25) is 9.89 Å². The van der Waals surface area contributed by atoms with Crippen molar-refractivity contribution in [1.29, 1.82) is 0 Å². The summed E-state index contributed by atoms with van der Waals surface area (Å²) >= 11 is 12.2. The number of nitrogens with one attached hydrogen (secondary N) is 1. The van der Waals surface area contributed by atoms with Gasteiger partial charge in [-0.2, -0.15) is 5.10 Å². The fourth-order valence-electron chi connectivity index (χ4n) is 3.51. The number of carbonyl (C=O) groups excluding carboxylic acids is 1. The summed E-state index contributed by atoms with van der Waals surface area (Å²) in [5, 5.41) is 8.83. The number of rotatable bonds is 6. The van der Waals surface area contributed by atoms with Crippen molar-refractivity contribution >= 4 is 29.1 Å². The fourth-order valence-corrected chi connectivity index (χ4v) is 3.89. The molecule has 1 aromatic heterocycles. The minimum absolute atomic E-state index is 0.122. The van der Waals surface area contributed by atoms with Gasteiger partial charge in [0.05, 0.1) is 17.3 Å². The molecular weight excluding hydrogens is 409 g/mol. The Hall–Kier alpha value is -2.50. The van der Waals surface area contributed by atoms with Gasteiger partial charge < -0.3 is 9.64 Å². The third-order valence-corrected chi connectivity index (χ3v) is 5.56. The van der Waals surface area contributed by atoms with Crippen LogP contribution in [0, 0.1) is 0 Å². The molecule has 1 aliphatic rings. The zero-order chi connectivity index (χ0) is 20.2. The Morgan fingerprint density at radius 2 is 2.03 bits per heavy atom. The number of fused-ring (bicyclic) bond motifs is 1. The highest BCUT2D eigenvalue weighted by molar-refractivity contribution is 6.32. The van der Waals surface area contributed by atoms with Gasteiger partial charge in [0.25, 0.3) is 0 Å². The van der Waals surface area contributed by atoms with Crippen LogP contribution in [0.1, 0.15) is 24.1 Å². The van der Waals surface area contributed by atoms with Crippen LogP contribution >= 0.6 is 23.2 Å². The van der Waals surface area contributed by atoms with E-state index in [1.165, 1.54) is 0 Å². The Balaban J connectivity index is 1.35. The van der Waals surface area contributed by atoms with E-state index in [0.717, 1.165) is 28.9 Å². The molecule has 7 heteroatoms. The summed E-state index contributed by atoms with van der Waals surface area (Å²) < 4.78 is 5.68. The number of H-pyrrole nitrogens is 1. The highest BCUT2D eigenvalue weighted by Gasteiger charge is 2.25. The second kappa shape index (κ2) is 8.89. The topological polar surface area (TPSA) is 58.2 Å². The molecule has 0 unspecified atom stereocenters. The van der Waals surface area contributed by atoms with Crippen LogP contribution in [0.3, 0.4) is 0 Å². The number of aromatic amines is 1. The molecule has 29 heavy (non-hydrogen) atoms. The van der Waals surface area contributed by atoms with Crippen LogP contribution in [0.5, 0.6) is 5.75 Å². The van der Waals surface area contributed by atoms with Crippen molar-refractivity contribution in [3.8, 4) is 17.0 Å². The van der Waals surface area contributed by atoms with Gasteiger partial charge in [-0.05, 0) is 30.7 Å². The Morgan fingerprint density at radius 1 is 1.17 bits per heavy atom. The SMILES string of the molecule is O=C(CCCOc1ccccc1Cl)N1CCc2[nH]nc(-c3cccc(Cl)c3)c2C1. The summed E-state index contributed by atoms with van der Waals surface area (Å²) in [5.41, 5.74) is 3.98. The zero-order valence-corrected chi connectivity index (χ0v) is 17.3. The molecule has 0 saturated heterocycles. The zero-order valence-electron chi connectivity index (χ0n) is 15.8. The van der Waals surface area contributed by atoms with E-state index in [1.807, 2.05) is 47.4 Å². The lowest BCUT2D eigenvalue weighted by Crippen LogP contribution is -2.36. The molecule has 5 nitrogen and oxygen atoms in total. The number of halogens is 2. The molecule has 0 radical (unpaired) electrons. The summed E-state index contributed by atoms with van der Waals surface area (Å²) in [7, 11) is 0. The minimum atomic E-state index is 0.122. The highest BCUT2D eigenvalue weighted by atomic mass is 35.5. The predicted octanol–water partition coefficient (Wildman–Crippen LogP) is 5.13. The number of aromatic nitrogens is 2. The molecule has 150 valence electrons. The molecule has 1 amide bonds. The average Bonchev–Trinajstić information content (AvgIpc) is 3.15. The lowest BCUT2D eigenvalue weighted by atomic mass is 10.0. The Bertz CT molecular complexity index is 1020. The molecule has 0 spiro atoms. The molecule has 4 rings (SSSR count). The molecular formula is C22H21Cl2N3O2. The molecule has 2 heterocycles. The summed E-state index contributed by atoms with van der Waals surface area (Å²) in [6.45, 7) is 1.69. The third kappa shape index (κ3) is 4.57. The van der Waals surface area contributed by atoms with Crippen molar-refractivity contribution in [2.24, 2.45) is 0 Å². The van der Waals surface area contributed by atoms with Crippen LogP contribution in [-0.4, -0.2) is 34.2 Å². The van der Waals surface area contributed by atoms with E-state index < -0.39 is 0 Å². The van der Waals surface area contributed by atoms with E-state index in [2.05, 4.69) is 10.2 Å². The molecule has 1 aliphatic heterocycles. The van der Waals surface area contributed by atoms with Crippen molar-refractivity contribution in [2.45, 2.75) is 25.8 Å². The summed E-state index contributed by atoms with van der Waals surface area (Å²) in [4.78, 5) is 14.6. The van der Waals surface area contributed by atoms with Crippen molar-refractivity contribution in [1.82, 2.24) is 15.1 Å². The van der Waals surface area contributed by atoms with Crippen LogP contribution < -0.4 is 4.74 Å². The van der Waals surface area contributed by atoms with Gasteiger partial charge in [0, 0.05) is 47.8 Å².